The fourth-order valence-corrected chi connectivity index (χ4v) is 2.47. The number of aromatic amines is 2. The summed E-state index contributed by atoms with van der Waals surface area (Å²) in [6.07, 6.45) is 1.98. The number of benzene rings is 1. The maximum absolute atomic E-state index is 12.4. The zero-order valence-corrected chi connectivity index (χ0v) is 14.6. The monoisotopic (exact) mass is 373 g/mol. The second kappa shape index (κ2) is 8.43. The molecule has 0 unspecified atom stereocenters. The number of carbonyl (C=O) groups excluding carboxylic acids is 1. The van der Waals surface area contributed by atoms with E-state index in [-0.39, 0.29) is 11.6 Å². The van der Waals surface area contributed by atoms with Gasteiger partial charge in [0.15, 0.2) is 5.69 Å². The molecule has 0 aliphatic rings. The van der Waals surface area contributed by atoms with Crippen molar-refractivity contribution in [3.63, 3.8) is 0 Å². The van der Waals surface area contributed by atoms with Crippen LogP contribution < -0.4 is 5.32 Å². The molecule has 1 amide bonds. The average molecular weight is 373 g/mol. The highest BCUT2D eigenvalue weighted by atomic mass is 16.5. The first-order chi connectivity index (χ1) is 13.1. The summed E-state index contributed by atoms with van der Waals surface area (Å²) in [7, 11) is 1.60. The van der Waals surface area contributed by atoms with E-state index in [1.54, 1.807) is 25.3 Å². The summed E-state index contributed by atoms with van der Waals surface area (Å²) in [6, 6.07) is 4.87. The van der Waals surface area contributed by atoms with E-state index in [4.69, 9.17) is 14.6 Å². The predicted octanol–water partition coefficient (Wildman–Crippen LogP) is 1.44. The third kappa shape index (κ3) is 4.49. The van der Waals surface area contributed by atoms with Crippen molar-refractivity contribution >= 4 is 28.5 Å². The zero-order chi connectivity index (χ0) is 19.2. The summed E-state index contributed by atoms with van der Waals surface area (Å²) >= 11 is 0. The number of hydrogen-bond donors (Lipinski definition) is 4. The Bertz CT molecular complexity index is 948. The molecule has 10 heteroatoms. The molecule has 3 aromatic rings. The molecule has 0 bridgehead atoms. The molecule has 0 fully saturated rings. The van der Waals surface area contributed by atoms with E-state index in [0.29, 0.717) is 54.4 Å². The van der Waals surface area contributed by atoms with Gasteiger partial charge in [0.25, 0.3) is 5.91 Å². The fraction of sp³-hybridized carbons (Fsp3) is 0.294. The molecule has 27 heavy (non-hydrogen) atoms. The minimum Gasteiger partial charge on any atom is -0.476 e. The molecular weight excluding hydrogens is 354 g/mol. The molecule has 142 valence electrons. The molecule has 0 radical (unpaired) electrons. The van der Waals surface area contributed by atoms with Gasteiger partial charge < -0.3 is 24.9 Å². The Morgan fingerprint density at radius 1 is 1.26 bits per heavy atom. The lowest BCUT2D eigenvalue weighted by atomic mass is 10.2. The van der Waals surface area contributed by atoms with E-state index >= 15 is 0 Å². The lowest BCUT2D eigenvalue weighted by molar-refractivity contribution is 0.0692. The quantitative estimate of drug-likeness (QED) is 0.416. The van der Waals surface area contributed by atoms with Gasteiger partial charge in [0, 0.05) is 24.6 Å². The van der Waals surface area contributed by atoms with Gasteiger partial charge in [-0.1, -0.05) is 0 Å². The Kier molecular flexibility index (Phi) is 5.79. The van der Waals surface area contributed by atoms with Crippen molar-refractivity contribution in [3.8, 4) is 0 Å². The van der Waals surface area contributed by atoms with Gasteiger partial charge in [-0.15, -0.1) is 0 Å². The van der Waals surface area contributed by atoms with Crippen molar-refractivity contribution in [1.82, 2.24) is 20.2 Å². The summed E-state index contributed by atoms with van der Waals surface area (Å²) in [5, 5.41) is 18.7. The second-order valence-electron chi connectivity index (χ2n) is 5.69. The minimum atomic E-state index is -1.14. The Labute approximate surface area is 153 Å². The molecule has 3 rings (SSSR count). The maximum Gasteiger partial charge on any atom is 0.357 e. The number of amides is 1. The molecule has 0 saturated carbocycles. The van der Waals surface area contributed by atoms with Crippen molar-refractivity contribution < 1.29 is 24.2 Å². The van der Waals surface area contributed by atoms with Crippen molar-refractivity contribution in [2.75, 3.05) is 32.2 Å². The van der Waals surface area contributed by atoms with Crippen LogP contribution >= 0.6 is 0 Å². The highest BCUT2D eigenvalue weighted by Gasteiger charge is 2.15. The van der Waals surface area contributed by atoms with Gasteiger partial charge >= 0.3 is 5.97 Å². The van der Waals surface area contributed by atoms with Gasteiger partial charge in [0.1, 0.15) is 11.5 Å². The first kappa shape index (κ1) is 18.5. The summed E-state index contributed by atoms with van der Waals surface area (Å²) in [5.74, 6) is -0.888. The summed E-state index contributed by atoms with van der Waals surface area (Å²) in [5.41, 5.74) is 1.23. The first-order valence-electron chi connectivity index (χ1n) is 8.22. The number of anilines is 1. The summed E-state index contributed by atoms with van der Waals surface area (Å²) in [4.78, 5) is 30.6. The minimum absolute atomic E-state index is 0.0987. The van der Waals surface area contributed by atoms with Crippen LogP contribution in [0.2, 0.25) is 0 Å². The number of carboxylic acid groups (broad SMARTS) is 1. The van der Waals surface area contributed by atoms with Gasteiger partial charge in [-0.2, -0.15) is 5.10 Å². The van der Waals surface area contributed by atoms with Gasteiger partial charge in [-0.3, -0.25) is 9.89 Å². The lowest BCUT2D eigenvalue weighted by Crippen LogP contribution is -2.12. The van der Waals surface area contributed by atoms with Crippen molar-refractivity contribution in [2.45, 2.75) is 6.42 Å². The summed E-state index contributed by atoms with van der Waals surface area (Å²) in [6.45, 7) is 1.49. The van der Waals surface area contributed by atoms with Gasteiger partial charge in [0.05, 0.1) is 31.5 Å². The SMILES string of the molecule is COCCOCCc1ncc(C(=O)Nc2ccc3[nH]nc(C(=O)O)c3c2)[nH]1. The number of nitrogens with one attached hydrogen (secondary N) is 3. The van der Waals surface area contributed by atoms with Crippen molar-refractivity contribution in [2.24, 2.45) is 0 Å². The van der Waals surface area contributed by atoms with Crippen molar-refractivity contribution in [1.29, 1.82) is 0 Å². The van der Waals surface area contributed by atoms with Crippen LogP contribution in [0.3, 0.4) is 0 Å². The fourth-order valence-electron chi connectivity index (χ4n) is 2.47. The number of imidazole rings is 1. The molecule has 4 N–H and O–H groups in total. The van der Waals surface area contributed by atoms with Crippen LogP contribution in [0, 0.1) is 0 Å². The number of rotatable bonds is 9. The van der Waals surface area contributed by atoms with Gasteiger partial charge in [0.2, 0.25) is 0 Å². The van der Waals surface area contributed by atoms with E-state index in [2.05, 4.69) is 25.5 Å². The number of aromatic nitrogens is 4. The van der Waals surface area contributed by atoms with E-state index in [9.17, 15) is 9.59 Å². The van der Waals surface area contributed by atoms with Crippen LogP contribution in [-0.2, 0) is 15.9 Å². The third-order valence-electron chi connectivity index (χ3n) is 3.81. The molecule has 10 nitrogen and oxygen atoms in total. The number of methoxy groups -OCH3 is 1. The first-order valence-corrected chi connectivity index (χ1v) is 8.22. The second-order valence-corrected chi connectivity index (χ2v) is 5.69. The van der Waals surface area contributed by atoms with Crippen LogP contribution in [0.1, 0.15) is 26.8 Å². The van der Waals surface area contributed by atoms with Crippen LogP contribution in [0.25, 0.3) is 10.9 Å². The van der Waals surface area contributed by atoms with Crippen LogP contribution in [-0.4, -0.2) is 64.1 Å². The molecule has 1 aromatic carbocycles. The van der Waals surface area contributed by atoms with E-state index in [1.165, 1.54) is 6.20 Å². The largest absolute Gasteiger partial charge is 0.476 e. The standard InChI is InChI=1S/C17H19N5O5/c1-26-6-7-27-5-4-14-18-9-13(20-14)16(23)19-10-2-3-12-11(8-10)15(17(24)25)22-21-12/h2-3,8-9H,4-7H2,1H3,(H,18,20)(H,19,23)(H,21,22)(H,24,25). The molecule has 0 saturated heterocycles. The zero-order valence-electron chi connectivity index (χ0n) is 14.6. The number of hydrogen-bond acceptors (Lipinski definition) is 6. The average Bonchev–Trinajstić information content (AvgIpc) is 3.28. The number of ether oxygens (including phenoxy) is 2. The third-order valence-corrected chi connectivity index (χ3v) is 3.81. The van der Waals surface area contributed by atoms with E-state index in [0.717, 1.165) is 0 Å². The molecule has 0 aliphatic carbocycles. The molecule has 0 atom stereocenters. The molecule has 2 aromatic heterocycles. The number of fused-ring (bicyclic) bond motifs is 1. The number of nitrogens with zero attached hydrogens (tertiary/aromatic N) is 2. The Balaban J connectivity index is 1.63. The Morgan fingerprint density at radius 2 is 2.11 bits per heavy atom. The predicted molar refractivity (Wildman–Crippen MR) is 96.0 cm³/mol. The number of carbonyl (C=O) groups is 2. The van der Waals surface area contributed by atoms with Crippen molar-refractivity contribution in [3.05, 3.63) is 41.6 Å². The number of H-pyrrole nitrogens is 2. The number of aromatic carboxylic acids is 1. The van der Waals surface area contributed by atoms with Gasteiger partial charge in [-0.05, 0) is 18.2 Å². The van der Waals surface area contributed by atoms with E-state index in [1.807, 2.05) is 0 Å². The van der Waals surface area contributed by atoms with Crippen LogP contribution in [0.15, 0.2) is 24.4 Å². The van der Waals surface area contributed by atoms with E-state index < -0.39 is 5.97 Å². The molecule has 0 spiro atoms. The lowest BCUT2D eigenvalue weighted by Gasteiger charge is -2.04. The topological polar surface area (TPSA) is 142 Å². The van der Waals surface area contributed by atoms with Crippen LogP contribution in [0.4, 0.5) is 5.69 Å². The Hall–Kier alpha value is -3.24. The number of carboxylic acids is 1. The Morgan fingerprint density at radius 3 is 2.89 bits per heavy atom. The smallest absolute Gasteiger partial charge is 0.357 e. The molecule has 2 heterocycles. The highest BCUT2D eigenvalue weighted by Crippen LogP contribution is 2.21. The highest BCUT2D eigenvalue weighted by molar-refractivity contribution is 6.06. The molecular formula is C17H19N5O5. The van der Waals surface area contributed by atoms with Gasteiger partial charge in [-0.25, -0.2) is 9.78 Å². The molecule has 0 aliphatic heterocycles. The van der Waals surface area contributed by atoms with Crippen LogP contribution in [0.5, 0.6) is 0 Å². The maximum atomic E-state index is 12.4. The summed E-state index contributed by atoms with van der Waals surface area (Å²) < 4.78 is 10.3. The normalized spacial score (nSPS) is 11.0.